The van der Waals surface area contributed by atoms with Gasteiger partial charge in [0, 0.05) is 6.04 Å². The predicted octanol–water partition coefficient (Wildman–Crippen LogP) is 3.74. The molecule has 0 bridgehead atoms. The first-order valence-electron chi connectivity index (χ1n) is 6.02. The van der Waals surface area contributed by atoms with Gasteiger partial charge in [0.05, 0.1) is 11.8 Å². The molecule has 94 valence electrons. The molecule has 0 saturated heterocycles. The lowest BCUT2D eigenvalue weighted by Crippen LogP contribution is -2.39. The number of halogens is 1. The number of nitrogens with one attached hydrogen (secondary N) is 1. The number of carbonyl (C=O) groups excluding carboxylic acids is 1. The molecule has 3 nitrogen and oxygen atoms in total. The van der Waals surface area contributed by atoms with Gasteiger partial charge in [-0.25, -0.2) is 0 Å². The van der Waals surface area contributed by atoms with Crippen molar-refractivity contribution in [1.29, 1.82) is 0 Å². The molecule has 1 amide bonds. The third-order valence-electron chi connectivity index (χ3n) is 3.54. The van der Waals surface area contributed by atoms with E-state index in [9.17, 15) is 4.79 Å². The van der Waals surface area contributed by atoms with Crippen molar-refractivity contribution < 1.29 is 9.21 Å². The molecular weight excluding hydrogens is 282 g/mol. The second-order valence-electron chi connectivity index (χ2n) is 5.52. The van der Waals surface area contributed by atoms with Crippen molar-refractivity contribution in [2.75, 3.05) is 0 Å². The summed E-state index contributed by atoms with van der Waals surface area (Å²) >= 11 is 3.22. The molecule has 0 radical (unpaired) electrons. The van der Waals surface area contributed by atoms with Gasteiger partial charge in [-0.2, -0.15) is 0 Å². The zero-order valence-corrected chi connectivity index (χ0v) is 11.8. The molecule has 1 heterocycles. The van der Waals surface area contributed by atoms with Gasteiger partial charge in [-0.1, -0.05) is 13.8 Å². The average Bonchev–Trinajstić information content (AvgIpc) is 2.68. The van der Waals surface area contributed by atoms with Crippen LogP contribution in [0.5, 0.6) is 0 Å². The molecule has 0 spiro atoms. The zero-order valence-electron chi connectivity index (χ0n) is 10.3. The minimum absolute atomic E-state index is 0.0460. The molecule has 0 unspecified atom stereocenters. The second kappa shape index (κ2) is 4.84. The van der Waals surface area contributed by atoms with Crippen molar-refractivity contribution in [3.63, 3.8) is 0 Å². The van der Waals surface area contributed by atoms with E-state index in [4.69, 9.17) is 4.42 Å². The summed E-state index contributed by atoms with van der Waals surface area (Å²) in [6, 6.07) is 1.99. The monoisotopic (exact) mass is 299 g/mol. The van der Waals surface area contributed by atoms with E-state index >= 15 is 0 Å². The molecule has 0 aromatic carbocycles. The number of furan rings is 1. The van der Waals surface area contributed by atoms with Crippen LogP contribution >= 0.6 is 15.9 Å². The van der Waals surface area contributed by atoms with Crippen molar-refractivity contribution in [2.24, 2.45) is 5.41 Å². The first-order valence-corrected chi connectivity index (χ1v) is 6.81. The maximum absolute atomic E-state index is 12.0. The Balaban J connectivity index is 1.91. The van der Waals surface area contributed by atoms with Crippen LogP contribution in [-0.2, 0) is 0 Å². The molecule has 1 aromatic rings. The Morgan fingerprint density at radius 1 is 1.47 bits per heavy atom. The zero-order chi connectivity index (χ0) is 12.5. The average molecular weight is 300 g/mol. The highest BCUT2D eigenvalue weighted by Crippen LogP contribution is 2.35. The summed E-state index contributed by atoms with van der Waals surface area (Å²) in [6.07, 6.45) is 5.99. The smallest absolute Gasteiger partial charge is 0.255 e. The van der Waals surface area contributed by atoms with E-state index in [-0.39, 0.29) is 5.91 Å². The molecule has 1 saturated carbocycles. The van der Waals surface area contributed by atoms with E-state index in [1.165, 1.54) is 19.1 Å². The number of hydrogen-bond donors (Lipinski definition) is 1. The van der Waals surface area contributed by atoms with Crippen LogP contribution in [0.3, 0.4) is 0 Å². The summed E-state index contributed by atoms with van der Waals surface area (Å²) in [7, 11) is 0. The number of amides is 1. The minimum atomic E-state index is -0.0460. The summed E-state index contributed by atoms with van der Waals surface area (Å²) in [5.74, 6) is -0.0460. The molecule has 1 N–H and O–H groups in total. The SMILES string of the molecule is CC1(C)CCC(NC(=O)c2ccoc2Br)CC1. The first kappa shape index (κ1) is 12.7. The Bertz CT molecular complexity index is 401. The number of hydrogen-bond acceptors (Lipinski definition) is 2. The maximum Gasteiger partial charge on any atom is 0.255 e. The van der Waals surface area contributed by atoms with E-state index in [2.05, 4.69) is 35.1 Å². The van der Waals surface area contributed by atoms with Crippen molar-refractivity contribution in [2.45, 2.75) is 45.6 Å². The molecule has 0 aliphatic heterocycles. The van der Waals surface area contributed by atoms with Crippen LogP contribution in [0, 0.1) is 5.41 Å². The lowest BCUT2D eigenvalue weighted by molar-refractivity contribution is 0.0907. The Labute approximate surface area is 110 Å². The standard InChI is InChI=1S/C13H18BrNO2/c1-13(2)6-3-9(4-7-13)15-12(16)10-5-8-17-11(10)14/h5,8-9H,3-4,6-7H2,1-2H3,(H,15,16). The maximum atomic E-state index is 12.0. The quantitative estimate of drug-likeness (QED) is 0.904. The van der Waals surface area contributed by atoms with Crippen LogP contribution in [0.4, 0.5) is 0 Å². The fourth-order valence-electron chi connectivity index (χ4n) is 2.26. The molecule has 1 aliphatic carbocycles. The van der Waals surface area contributed by atoms with Crippen molar-refractivity contribution in [3.8, 4) is 0 Å². The number of carbonyl (C=O) groups is 1. The normalized spacial score (nSPS) is 20.2. The second-order valence-corrected chi connectivity index (χ2v) is 6.24. The van der Waals surface area contributed by atoms with Gasteiger partial charge in [-0.15, -0.1) is 0 Å². The van der Waals surface area contributed by atoms with E-state index in [0.29, 0.717) is 21.7 Å². The van der Waals surface area contributed by atoms with Crippen LogP contribution in [-0.4, -0.2) is 11.9 Å². The molecule has 4 heteroatoms. The Morgan fingerprint density at radius 3 is 2.65 bits per heavy atom. The summed E-state index contributed by atoms with van der Waals surface area (Å²) in [5.41, 5.74) is 1.01. The third kappa shape index (κ3) is 3.12. The Hall–Kier alpha value is -0.770. The lowest BCUT2D eigenvalue weighted by atomic mass is 9.75. The van der Waals surface area contributed by atoms with Gasteiger partial charge >= 0.3 is 0 Å². The Morgan fingerprint density at radius 2 is 2.12 bits per heavy atom. The van der Waals surface area contributed by atoms with Gasteiger partial charge < -0.3 is 9.73 Å². The Kier molecular flexibility index (Phi) is 3.61. The van der Waals surface area contributed by atoms with Gasteiger partial charge in [0.15, 0.2) is 4.67 Å². The van der Waals surface area contributed by atoms with E-state index in [1.54, 1.807) is 6.07 Å². The van der Waals surface area contributed by atoms with Gasteiger partial charge in [-0.3, -0.25) is 4.79 Å². The van der Waals surface area contributed by atoms with Crippen LogP contribution in [0.15, 0.2) is 21.4 Å². The molecule has 1 aromatic heterocycles. The van der Waals surface area contributed by atoms with Crippen LogP contribution in [0.25, 0.3) is 0 Å². The van der Waals surface area contributed by atoms with Gasteiger partial charge in [-0.05, 0) is 53.1 Å². The van der Waals surface area contributed by atoms with E-state index in [0.717, 1.165) is 12.8 Å². The first-order chi connectivity index (χ1) is 7.98. The van der Waals surface area contributed by atoms with Gasteiger partial charge in [0.2, 0.25) is 0 Å². The number of rotatable bonds is 2. The van der Waals surface area contributed by atoms with Crippen molar-refractivity contribution in [3.05, 3.63) is 22.6 Å². The lowest BCUT2D eigenvalue weighted by Gasteiger charge is -2.34. The highest BCUT2D eigenvalue weighted by Gasteiger charge is 2.28. The minimum Gasteiger partial charge on any atom is -0.457 e. The molecular formula is C13H18BrNO2. The predicted molar refractivity (Wildman–Crippen MR) is 69.9 cm³/mol. The van der Waals surface area contributed by atoms with Crippen molar-refractivity contribution >= 4 is 21.8 Å². The molecule has 0 atom stereocenters. The van der Waals surface area contributed by atoms with Crippen molar-refractivity contribution in [1.82, 2.24) is 5.32 Å². The van der Waals surface area contributed by atoms with E-state index < -0.39 is 0 Å². The summed E-state index contributed by atoms with van der Waals surface area (Å²) in [4.78, 5) is 12.0. The fourth-order valence-corrected chi connectivity index (χ4v) is 2.68. The van der Waals surface area contributed by atoms with Gasteiger partial charge in [0.1, 0.15) is 0 Å². The van der Waals surface area contributed by atoms with E-state index in [1.807, 2.05) is 0 Å². The fraction of sp³-hybridized carbons (Fsp3) is 0.615. The van der Waals surface area contributed by atoms with Crippen LogP contribution in [0.1, 0.15) is 49.9 Å². The highest BCUT2D eigenvalue weighted by molar-refractivity contribution is 9.10. The topological polar surface area (TPSA) is 42.2 Å². The molecule has 1 aliphatic rings. The summed E-state index contributed by atoms with van der Waals surface area (Å²) < 4.78 is 5.57. The van der Waals surface area contributed by atoms with Gasteiger partial charge in [0.25, 0.3) is 5.91 Å². The molecule has 2 rings (SSSR count). The summed E-state index contributed by atoms with van der Waals surface area (Å²) in [5, 5.41) is 3.07. The molecule has 1 fully saturated rings. The van der Waals surface area contributed by atoms with Crippen LogP contribution < -0.4 is 5.32 Å². The largest absolute Gasteiger partial charge is 0.457 e. The summed E-state index contributed by atoms with van der Waals surface area (Å²) in [6.45, 7) is 4.58. The third-order valence-corrected chi connectivity index (χ3v) is 4.15. The highest BCUT2D eigenvalue weighted by atomic mass is 79.9. The molecule has 17 heavy (non-hydrogen) atoms. The van der Waals surface area contributed by atoms with Crippen LogP contribution in [0.2, 0.25) is 0 Å².